The summed E-state index contributed by atoms with van der Waals surface area (Å²) in [7, 11) is -2.04. The molecular weight excluding hydrogens is 244 g/mol. The van der Waals surface area contributed by atoms with Gasteiger partial charge in [0, 0.05) is 17.8 Å². The van der Waals surface area contributed by atoms with Crippen LogP contribution in [0, 0.1) is 0 Å². The van der Waals surface area contributed by atoms with E-state index in [2.05, 4.69) is 14.7 Å². The minimum absolute atomic E-state index is 0.111. The van der Waals surface area contributed by atoms with Crippen molar-refractivity contribution in [3.05, 3.63) is 24.0 Å². The average molecular weight is 254 g/mol. The summed E-state index contributed by atoms with van der Waals surface area (Å²) < 4.78 is 27.2. The highest BCUT2D eigenvalue weighted by Crippen LogP contribution is 2.18. The number of fused-ring (bicyclic) bond motifs is 1. The Balaban J connectivity index is 2.60. The highest BCUT2D eigenvalue weighted by atomic mass is 32.2. The van der Waals surface area contributed by atoms with Crippen LogP contribution < -0.4 is 0 Å². The van der Waals surface area contributed by atoms with Crippen LogP contribution >= 0.6 is 0 Å². The second-order valence-electron chi connectivity index (χ2n) is 3.56. The zero-order chi connectivity index (χ0) is 12.6. The number of H-pyrrole nitrogens is 1. The first-order valence-corrected chi connectivity index (χ1v) is 6.58. The maximum Gasteiger partial charge on any atom is 0.354 e. The molecule has 0 unspecified atom stereocenters. The molecule has 2 aromatic heterocycles. The Morgan fingerprint density at radius 1 is 1.41 bits per heavy atom. The summed E-state index contributed by atoms with van der Waals surface area (Å²) in [5.74, 6) is -0.524. The second-order valence-corrected chi connectivity index (χ2v) is 5.57. The van der Waals surface area contributed by atoms with Gasteiger partial charge in [0.2, 0.25) is 0 Å². The van der Waals surface area contributed by atoms with Crippen LogP contribution in [0.3, 0.4) is 0 Å². The van der Waals surface area contributed by atoms with Gasteiger partial charge in [-0.25, -0.2) is 18.2 Å². The van der Waals surface area contributed by atoms with Crippen LogP contribution in [0.5, 0.6) is 0 Å². The first-order valence-electron chi connectivity index (χ1n) is 4.69. The van der Waals surface area contributed by atoms with Crippen molar-refractivity contribution in [1.29, 1.82) is 0 Å². The summed E-state index contributed by atoms with van der Waals surface area (Å²) in [6.45, 7) is 0. The van der Waals surface area contributed by atoms with Crippen molar-refractivity contribution < 1.29 is 17.9 Å². The minimum atomic E-state index is -3.30. The summed E-state index contributed by atoms with van der Waals surface area (Å²) in [6, 6.07) is 2.96. The number of carbonyl (C=O) groups excluding carboxylic acids is 1. The van der Waals surface area contributed by atoms with Crippen molar-refractivity contribution in [3.63, 3.8) is 0 Å². The molecule has 0 aromatic carbocycles. The molecule has 90 valence electrons. The third kappa shape index (κ3) is 2.14. The molecule has 0 saturated carbocycles. The number of rotatable bonds is 2. The van der Waals surface area contributed by atoms with Crippen LogP contribution in [-0.4, -0.2) is 37.7 Å². The van der Waals surface area contributed by atoms with Gasteiger partial charge in [0.1, 0.15) is 11.3 Å². The van der Waals surface area contributed by atoms with Gasteiger partial charge in [0.25, 0.3) is 0 Å². The molecule has 0 saturated heterocycles. The van der Waals surface area contributed by atoms with Gasteiger partial charge in [0.15, 0.2) is 9.84 Å². The van der Waals surface area contributed by atoms with Gasteiger partial charge in [-0.2, -0.15) is 0 Å². The molecule has 0 aliphatic carbocycles. The molecule has 0 aliphatic rings. The van der Waals surface area contributed by atoms with Gasteiger partial charge in [0.05, 0.1) is 12.0 Å². The predicted molar refractivity (Wildman–Crippen MR) is 60.5 cm³/mol. The summed E-state index contributed by atoms with van der Waals surface area (Å²) >= 11 is 0. The van der Waals surface area contributed by atoms with Gasteiger partial charge in [-0.3, -0.25) is 0 Å². The normalized spacial score (nSPS) is 11.6. The van der Waals surface area contributed by atoms with E-state index in [-0.39, 0.29) is 10.6 Å². The zero-order valence-electron chi connectivity index (χ0n) is 9.22. The van der Waals surface area contributed by atoms with Crippen molar-refractivity contribution in [3.8, 4) is 0 Å². The summed E-state index contributed by atoms with van der Waals surface area (Å²) in [4.78, 5) is 18.1. The van der Waals surface area contributed by atoms with E-state index in [0.717, 1.165) is 6.26 Å². The first kappa shape index (κ1) is 11.6. The van der Waals surface area contributed by atoms with Crippen LogP contribution in [0.15, 0.2) is 23.2 Å². The Hall–Kier alpha value is -1.89. The summed E-state index contributed by atoms with van der Waals surface area (Å²) in [5, 5.41) is 0.549. The van der Waals surface area contributed by atoms with Crippen LogP contribution in [-0.2, 0) is 14.6 Å². The molecule has 7 heteroatoms. The Morgan fingerprint density at radius 2 is 2.12 bits per heavy atom. The Bertz CT molecular complexity index is 687. The van der Waals surface area contributed by atoms with E-state index in [0.29, 0.717) is 11.0 Å². The van der Waals surface area contributed by atoms with E-state index in [4.69, 9.17) is 0 Å². The number of esters is 1. The van der Waals surface area contributed by atoms with E-state index in [1.165, 1.54) is 25.4 Å². The number of methoxy groups -OCH3 is 1. The molecule has 1 N–H and O–H groups in total. The standard InChI is InChI=1S/C10H10N2O4S/c1-16-10(13)8-4-6-3-7(17(2,14)15)5-11-9(6)12-8/h3-5H,1-2H3,(H,11,12). The minimum Gasteiger partial charge on any atom is -0.464 e. The number of hydrogen-bond acceptors (Lipinski definition) is 5. The molecular formula is C10H10N2O4S. The maximum atomic E-state index is 11.3. The third-order valence-corrected chi connectivity index (χ3v) is 3.36. The molecule has 0 aliphatic heterocycles. The van der Waals surface area contributed by atoms with Gasteiger partial charge in [-0.1, -0.05) is 0 Å². The number of aromatic amines is 1. The predicted octanol–water partition coefficient (Wildman–Crippen LogP) is 0.753. The number of sulfone groups is 1. The van der Waals surface area contributed by atoms with E-state index >= 15 is 0 Å². The molecule has 0 fully saturated rings. The molecule has 2 rings (SSSR count). The highest BCUT2D eigenvalue weighted by molar-refractivity contribution is 7.90. The van der Waals surface area contributed by atoms with Gasteiger partial charge >= 0.3 is 5.97 Å². The van der Waals surface area contributed by atoms with Crippen LogP contribution in [0.25, 0.3) is 11.0 Å². The fourth-order valence-electron chi connectivity index (χ4n) is 1.42. The number of aromatic nitrogens is 2. The average Bonchev–Trinajstić information content (AvgIpc) is 2.69. The zero-order valence-corrected chi connectivity index (χ0v) is 10.0. The van der Waals surface area contributed by atoms with Crippen LogP contribution in [0.1, 0.15) is 10.5 Å². The fourth-order valence-corrected chi connectivity index (χ4v) is 2.00. The van der Waals surface area contributed by atoms with Crippen molar-refractivity contribution in [1.82, 2.24) is 9.97 Å². The van der Waals surface area contributed by atoms with Gasteiger partial charge < -0.3 is 9.72 Å². The Kier molecular flexibility index (Phi) is 2.62. The monoisotopic (exact) mass is 254 g/mol. The Labute approximate surface area is 97.5 Å². The summed E-state index contributed by atoms with van der Waals surface area (Å²) in [5.41, 5.74) is 0.679. The molecule has 2 heterocycles. The number of nitrogens with zero attached hydrogens (tertiary/aromatic N) is 1. The Morgan fingerprint density at radius 3 is 2.71 bits per heavy atom. The first-order chi connectivity index (χ1) is 7.91. The molecule has 0 radical (unpaired) electrons. The quantitative estimate of drug-likeness (QED) is 0.799. The van der Waals surface area contributed by atoms with E-state index in [9.17, 15) is 13.2 Å². The molecule has 0 atom stereocenters. The van der Waals surface area contributed by atoms with Gasteiger partial charge in [-0.05, 0) is 12.1 Å². The lowest BCUT2D eigenvalue weighted by molar-refractivity contribution is 0.0595. The second kappa shape index (κ2) is 3.85. The van der Waals surface area contributed by atoms with Crippen molar-refractivity contribution >= 4 is 26.8 Å². The van der Waals surface area contributed by atoms with Crippen molar-refractivity contribution in [2.75, 3.05) is 13.4 Å². The summed E-state index contributed by atoms with van der Waals surface area (Å²) in [6.07, 6.45) is 2.35. The number of ether oxygens (including phenoxy) is 1. The maximum absolute atomic E-state index is 11.3. The topological polar surface area (TPSA) is 89.1 Å². The largest absolute Gasteiger partial charge is 0.464 e. The lowest BCUT2D eigenvalue weighted by atomic mass is 10.3. The molecule has 2 aromatic rings. The molecule has 17 heavy (non-hydrogen) atoms. The van der Waals surface area contributed by atoms with E-state index in [1.807, 2.05) is 0 Å². The third-order valence-electron chi connectivity index (χ3n) is 2.28. The lowest BCUT2D eigenvalue weighted by Gasteiger charge is -1.96. The number of pyridine rings is 1. The number of carbonyl (C=O) groups is 1. The highest BCUT2D eigenvalue weighted by Gasteiger charge is 2.13. The fraction of sp³-hybridized carbons (Fsp3) is 0.200. The van der Waals surface area contributed by atoms with Crippen LogP contribution in [0.4, 0.5) is 0 Å². The van der Waals surface area contributed by atoms with Crippen molar-refractivity contribution in [2.45, 2.75) is 4.90 Å². The molecule has 0 amide bonds. The molecule has 0 bridgehead atoms. The van der Waals surface area contributed by atoms with Crippen LogP contribution in [0.2, 0.25) is 0 Å². The SMILES string of the molecule is COC(=O)c1cc2cc(S(C)(=O)=O)cnc2[nH]1. The number of hydrogen-bond donors (Lipinski definition) is 1. The van der Waals surface area contributed by atoms with E-state index in [1.54, 1.807) is 0 Å². The van der Waals surface area contributed by atoms with Crippen molar-refractivity contribution in [2.24, 2.45) is 0 Å². The van der Waals surface area contributed by atoms with Gasteiger partial charge in [-0.15, -0.1) is 0 Å². The number of nitrogens with one attached hydrogen (secondary N) is 1. The lowest BCUT2D eigenvalue weighted by Crippen LogP contribution is -2.00. The molecule has 6 nitrogen and oxygen atoms in total. The smallest absolute Gasteiger partial charge is 0.354 e. The van der Waals surface area contributed by atoms with E-state index < -0.39 is 15.8 Å². The molecule has 0 spiro atoms.